The summed E-state index contributed by atoms with van der Waals surface area (Å²) >= 11 is 1.42. The summed E-state index contributed by atoms with van der Waals surface area (Å²) < 4.78 is 0.789. The lowest BCUT2D eigenvalue weighted by molar-refractivity contribution is -0.383. The number of anilines is 1. The number of primary amides is 1. The fourth-order valence-corrected chi connectivity index (χ4v) is 2.70. The highest BCUT2D eigenvalue weighted by Gasteiger charge is 2.16. The first-order valence-electron chi connectivity index (χ1n) is 6.05. The maximum absolute atomic E-state index is 11.1. The molecule has 0 aliphatic heterocycles. The van der Waals surface area contributed by atoms with E-state index in [9.17, 15) is 14.9 Å². The Hall–Kier alpha value is -2.22. The van der Waals surface area contributed by atoms with Crippen LogP contribution in [0.1, 0.15) is 17.8 Å². The van der Waals surface area contributed by atoms with Gasteiger partial charge in [-0.1, -0.05) is 0 Å². The van der Waals surface area contributed by atoms with Gasteiger partial charge in [-0.25, -0.2) is 4.98 Å². The monoisotopic (exact) mass is 294 g/mol. The number of nitrogens with zero attached hydrogens (tertiary/aromatic N) is 2. The third-order valence-corrected chi connectivity index (χ3v) is 3.66. The molecule has 1 amide bonds. The molecule has 0 aliphatic carbocycles. The molecule has 7 nitrogen and oxygen atoms in total. The summed E-state index contributed by atoms with van der Waals surface area (Å²) in [7, 11) is 0. The van der Waals surface area contributed by atoms with Crippen LogP contribution in [-0.4, -0.2) is 22.4 Å². The molecular weight excluding hydrogens is 280 g/mol. The van der Waals surface area contributed by atoms with Crippen molar-refractivity contribution >= 4 is 38.8 Å². The van der Waals surface area contributed by atoms with Crippen molar-refractivity contribution in [1.29, 1.82) is 0 Å². The molecule has 0 aliphatic rings. The molecule has 0 spiro atoms. The van der Waals surface area contributed by atoms with Crippen LogP contribution in [0, 0.1) is 17.0 Å². The number of thiazole rings is 1. The second-order valence-electron chi connectivity index (χ2n) is 4.32. The van der Waals surface area contributed by atoms with E-state index in [4.69, 9.17) is 5.73 Å². The molecule has 1 aromatic heterocycles. The molecule has 0 bridgehead atoms. The van der Waals surface area contributed by atoms with Crippen LogP contribution in [0.4, 0.5) is 11.4 Å². The number of nitrogens with two attached hydrogens (primary N) is 1. The number of hydrogen-bond donors (Lipinski definition) is 2. The minimum absolute atomic E-state index is 0.0141. The summed E-state index contributed by atoms with van der Waals surface area (Å²) in [5.74, 6) is -0.383. The van der Waals surface area contributed by atoms with Crippen molar-refractivity contribution in [3.05, 3.63) is 27.3 Å². The summed E-state index contributed by atoms with van der Waals surface area (Å²) in [6, 6.07) is 3.19. The number of rotatable bonds is 6. The van der Waals surface area contributed by atoms with Crippen LogP contribution in [0.25, 0.3) is 10.2 Å². The Morgan fingerprint density at radius 1 is 1.55 bits per heavy atom. The van der Waals surface area contributed by atoms with Crippen LogP contribution < -0.4 is 11.1 Å². The molecule has 0 atom stereocenters. The van der Waals surface area contributed by atoms with Crippen molar-refractivity contribution in [2.24, 2.45) is 5.73 Å². The first kappa shape index (κ1) is 14.2. The summed E-state index contributed by atoms with van der Waals surface area (Å²) in [4.78, 5) is 25.6. The zero-order valence-electron chi connectivity index (χ0n) is 10.9. The summed E-state index contributed by atoms with van der Waals surface area (Å²) in [5, 5.41) is 14.9. The maximum atomic E-state index is 11.1. The molecule has 2 rings (SSSR count). The van der Waals surface area contributed by atoms with Gasteiger partial charge in [0.15, 0.2) is 0 Å². The number of carbonyl (C=O) groups is 1. The highest BCUT2D eigenvalue weighted by Crippen LogP contribution is 2.32. The molecule has 1 aromatic carbocycles. The van der Waals surface area contributed by atoms with Gasteiger partial charge in [0, 0.05) is 19.0 Å². The van der Waals surface area contributed by atoms with Gasteiger partial charge in [-0.15, -0.1) is 11.3 Å². The Kier molecular flexibility index (Phi) is 4.14. The number of nitro benzene ring substituents is 1. The first-order chi connectivity index (χ1) is 9.47. The number of aryl methyl sites for hydroxylation is 1. The Labute approximate surface area is 119 Å². The van der Waals surface area contributed by atoms with Crippen molar-refractivity contribution in [3.8, 4) is 0 Å². The minimum Gasteiger partial charge on any atom is -0.379 e. The predicted molar refractivity (Wildman–Crippen MR) is 77.9 cm³/mol. The van der Waals surface area contributed by atoms with Crippen molar-refractivity contribution < 1.29 is 9.72 Å². The van der Waals surface area contributed by atoms with E-state index in [0.29, 0.717) is 18.7 Å². The van der Waals surface area contributed by atoms with Crippen LogP contribution in [0.15, 0.2) is 12.1 Å². The van der Waals surface area contributed by atoms with Crippen molar-refractivity contribution in [2.75, 3.05) is 11.9 Å². The van der Waals surface area contributed by atoms with E-state index in [2.05, 4.69) is 10.3 Å². The second-order valence-corrected chi connectivity index (χ2v) is 5.56. The minimum atomic E-state index is -0.426. The molecule has 0 fully saturated rings. The largest absolute Gasteiger partial charge is 0.379 e. The first-order valence-corrected chi connectivity index (χ1v) is 6.87. The fourth-order valence-electron chi connectivity index (χ4n) is 1.86. The summed E-state index contributed by atoms with van der Waals surface area (Å²) in [5.41, 5.74) is 6.20. The maximum Gasteiger partial charge on any atom is 0.293 e. The standard InChI is InChI=1S/C12H14N4O3S/c1-7-15-9-5-8(14-4-2-3-12(13)17)10(16(18)19)6-11(9)20-7/h5-6,14H,2-4H2,1H3,(H2,13,17). The van der Waals surface area contributed by atoms with E-state index in [0.717, 1.165) is 15.2 Å². The van der Waals surface area contributed by atoms with Gasteiger partial charge >= 0.3 is 0 Å². The molecular formula is C12H14N4O3S. The third-order valence-electron chi connectivity index (χ3n) is 2.72. The average molecular weight is 294 g/mol. The zero-order valence-corrected chi connectivity index (χ0v) is 11.7. The zero-order chi connectivity index (χ0) is 14.7. The predicted octanol–water partition coefficient (Wildman–Crippen LogP) is 2.19. The number of hydrogen-bond acceptors (Lipinski definition) is 6. The van der Waals surface area contributed by atoms with Gasteiger partial charge in [-0.2, -0.15) is 0 Å². The Balaban J connectivity index is 2.22. The Morgan fingerprint density at radius 3 is 2.95 bits per heavy atom. The smallest absolute Gasteiger partial charge is 0.293 e. The third kappa shape index (κ3) is 3.21. The van der Waals surface area contributed by atoms with Crippen molar-refractivity contribution in [3.63, 3.8) is 0 Å². The van der Waals surface area contributed by atoms with Gasteiger partial charge in [0.05, 0.1) is 20.1 Å². The van der Waals surface area contributed by atoms with Gasteiger partial charge in [0.2, 0.25) is 5.91 Å². The Bertz CT molecular complexity index is 668. The number of benzene rings is 1. The molecule has 1 heterocycles. The lowest BCUT2D eigenvalue weighted by Gasteiger charge is -2.06. The quantitative estimate of drug-likeness (QED) is 0.482. The van der Waals surface area contributed by atoms with Crippen LogP contribution in [0.2, 0.25) is 0 Å². The van der Waals surface area contributed by atoms with Crippen molar-refractivity contribution in [1.82, 2.24) is 4.98 Å². The number of nitrogens with one attached hydrogen (secondary N) is 1. The van der Waals surface area contributed by atoms with Gasteiger partial charge in [0.1, 0.15) is 5.69 Å². The number of nitro groups is 1. The molecule has 3 N–H and O–H groups in total. The van der Waals surface area contributed by atoms with E-state index in [-0.39, 0.29) is 18.0 Å². The molecule has 106 valence electrons. The van der Waals surface area contributed by atoms with Gasteiger partial charge in [0.25, 0.3) is 5.69 Å². The topological polar surface area (TPSA) is 111 Å². The SMILES string of the molecule is Cc1nc2cc(NCCCC(N)=O)c([N+](=O)[O-])cc2s1. The number of aromatic nitrogens is 1. The van der Waals surface area contributed by atoms with E-state index in [1.165, 1.54) is 17.4 Å². The van der Waals surface area contributed by atoms with Gasteiger partial charge in [-0.05, 0) is 19.4 Å². The van der Waals surface area contributed by atoms with Gasteiger partial charge < -0.3 is 11.1 Å². The Morgan fingerprint density at radius 2 is 2.30 bits per heavy atom. The molecule has 2 aromatic rings. The molecule has 0 unspecified atom stereocenters. The number of amides is 1. The summed E-state index contributed by atoms with van der Waals surface area (Å²) in [6.45, 7) is 2.30. The van der Waals surface area contributed by atoms with Crippen LogP contribution in [0.3, 0.4) is 0 Å². The highest BCUT2D eigenvalue weighted by atomic mass is 32.1. The van der Waals surface area contributed by atoms with Crippen LogP contribution in [0.5, 0.6) is 0 Å². The molecule has 20 heavy (non-hydrogen) atoms. The van der Waals surface area contributed by atoms with E-state index < -0.39 is 4.92 Å². The van der Waals surface area contributed by atoms with E-state index in [1.807, 2.05) is 6.92 Å². The van der Waals surface area contributed by atoms with E-state index >= 15 is 0 Å². The lowest BCUT2D eigenvalue weighted by Crippen LogP contribution is -2.13. The summed E-state index contributed by atoms with van der Waals surface area (Å²) in [6.07, 6.45) is 0.777. The van der Waals surface area contributed by atoms with Crippen molar-refractivity contribution in [2.45, 2.75) is 19.8 Å². The fraction of sp³-hybridized carbons (Fsp3) is 0.333. The lowest BCUT2D eigenvalue weighted by atomic mass is 10.2. The van der Waals surface area contributed by atoms with Crippen LogP contribution >= 0.6 is 11.3 Å². The van der Waals surface area contributed by atoms with E-state index in [1.54, 1.807) is 6.07 Å². The average Bonchev–Trinajstić information content (AvgIpc) is 2.72. The second kappa shape index (κ2) is 5.83. The molecule has 8 heteroatoms. The number of fused-ring (bicyclic) bond motifs is 1. The molecule has 0 radical (unpaired) electrons. The molecule has 0 saturated heterocycles. The highest BCUT2D eigenvalue weighted by molar-refractivity contribution is 7.18. The van der Waals surface area contributed by atoms with Crippen LogP contribution in [-0.2, 0) is 4.79 Å². The number of carbonyl (C=O) groups excluding carboxylic acids is 1. The van der Waals surface area contributed by atoms with Gasteiger partial charge in [-0.3, -0.25) is 14.9 Å². The molecule has 0 saturated carbocycles. The normalized spacial score (nSPS) is 10.7.